The molecule has 0 spiro atoms. The monoisotopic (exact) mass is 348 g/mol. The second-order valence-corrected chi connectivity index (χ2v) is 7.05. The van der Waals surface area contributed by atoms with Crippen molar-refractivity contribution < 1.29 is 9.53 Å². The highest BCUT2D eigenvalue weighted by molar-refractivity contribution is 7.98. The van der Waals surface area contributed by atoms with E-state index in [1.165, 1.54) is 11.1 Å². The molecule has 2 nitrogen and oxygen atoms in total. The van der Waals surface area contributed by atoms with Crippen molar-refractivity contribution in [3.63, 3.8) is 0 Å². The van der Waals surface area contributed by atoms with Crippen LogP contribution in [0.15, 0.2) is 77.7 Å². The van der Waals surface area contributed by atoms with Crippen LogP contribution in [0.2, 0.25) is 0 Å². The molecule has 0 amide bonds. The minimum atomic E-state index is -0.333. The number of hydrogen-bond donors (Lipinski definition) is 0. The summed E-state index contributed by atoms with van der Waals surface area (Å²) in [6, 6.07) is 23.6. The first-order chi connectivity index (χ1) is 12.1. The van der Waals surface area contributed by atoms with Crippen LogP contribution in [-0.2, 0) is 5.75 Å². The van der Waals surface area contributed by atoms with Gasteiger partial charge in [0.05, 0.1) is 5.56 Å². The topological polar surface area (TPSA) is 26.3 Å². The number of rotatable bonds is 5. The molecule has 3 heteroatoms. The van der Waals surface area contributed by atoms with Gasteiger partial charge in [-0.15, -0.1) is 11.8 Å². The Labute approximate surface area is 152 Å². The Kier molecular flexibility index (Phi) is 5.56. The summed E-state index contributed by atoms with van der Waals surface area (Å²) >= 11 is 1.76. The van der Waals surface area contributed by atoms with Gasteiger partial charge in [0.15, 0.2) is 0 Å². The summed E-state index contributed by atoms with van der Waals surface area (Å²) in [6.45, 7) is 4.08. The standard InChI is InChI=1S/C22H20O2S/c1-16-3-7-18(8-4-16)15-25-21-13-11-20(12-14-21)24-22(23)19-9-5-17(2)6-10-19/h3-14H,15H2,1-2H3. The van der Waals surface area contributed by atoms with Crippen molar-refractivity contribution in [1.29, 1.82) is 0 Å². The van der Waals surface area contributed by atoms with Gasteiger partial charge in [-0.3, -0.25) is 0 Å². The molecule has 0 aliphatic rings. The van der Waals surface area contributed by atoms with Crippen LogP contribution in [0.1, 0.15) is 27.0 Å². The summed E-state index contributed by atoms with van der Waals surface area (Å²) in [5.41, 5.74) is 4.24. The van der Waals surface area contributed by atoms with E-state index in [9.17, 15) is 4.79 Å². The van der Waals surface area contributed by atoms with Gasteiger partial charge in [0, 0.05) is 10.6 Å². The summed E-state index contributed by atoms with van der Waals surface area (Å²) in [5, 5.41) is 0. The van der Waals surface area contributed by atoms with Crippen LogP contribution < -0.4 is 4.74 Å². The number of carbonyl (C=O) groups is 1. The summed E-state index contributed by atoms with van der Waals surface area (Å²) in [5.74, 6) is 1.15. The predicted octanol–water partition coefficient (Wildman–Crippen LogP) is 5.81. The SMILES string of the molecule is Cc1ccc(CSc2ccc(OC(=O)c3ccc(C)cc3)cc2)cc1. The van der Waals surface area contributed by atoms with Crippen molar-refractivity contribution in [2.24, 2.45) is 0 Å². The van der Waals surface area contributed by atoms with Gasteiger partial charge in [0.25, 0.3) is 0 Å². The van der Waals surface area contributed by atoms with E-state index in [0.717, 1.165) is 16.2 Å². The van der Waals surface area contributed by atoms with E-state index in [-0.39, 0.29) is 5.97 Å². The minimum Gasteiger partial charge on any atom is -0.423 e. The van der Waals surface area contributed by atoms with Crippen LogP contribution in [0.4, 0.5) is 0 Å². The predicted molar refractivity (Wildman–Crippen MR) is 103 cm³/mol. The molecule has 0 radical (unpaired) electrons. The van der Waals surface area contributed by atoms with Gasteiger partial charge < -0.3 is 4.74 Å². The van der Waals surface area contributed by atoms with E-state index in [2.05, 4.69) is 31.2 Å². The maximum Gasteiger partial charge on any atom is 0.343 e. The maximum atomic E-state index is 12.1. The molecule has 3 rings (SSSR count). The molecule has 0 unspecified atom stereocenters. The van der Waals surface area contributed by atoms with E-state index >= 15 is 0 Å². The largest absolute Gasteiger partial charge is 0.423 e. The molecule has 126 valence electrons. The zero-order valence-corrected chi connectivity index (χ0v) is 15.2. The molecule has 25 heavy (non-hydrogen) atoms. The highest BCUT2D eigenvalue weighted by Gasteiger charge is 2.08. The van der Waals surface area contributed by atoms with Gasteiger partial charge in [0.1, 0.15) is 5.75 Å². The van der Waals surface area contributed by atoms with E-state index < -0.39 is 0 Å². The fraction of sp³-hybridized carbons (Fsp3) is 0.136. The smallest absolute Gasteiger partial charge is 0.343 e. The molecule has 0 aliphatic heterocycles. The second-order valence-electron chi connectivity index (χ2n) is 6.00. The lowest BCUT2D eigenvalue weighted by Crippen LogP contribution is -2.08. The average Bonchev–Trinajstić information content (AvgIpc) is 2.63. The summed E-state index contributed by atoms with van der Waals surface area (Å²) in [7, 11) is 0. The molecule has 3 aromatic carbocycles. The molecule has 0 aromatic heterocycles. The maximum absolute atomic E-state index is 12.1. The van der Waals surface area contributed by atoms with Crippen LogP contribution in [0, 0.1) is 13.8 Å². The lowest BCUT2D eigenvalue weighted by Gasteiger charge is -2.06. The second kappa shape index (κ2) is 8.04. The molecule has 0 aliphatic carbocycles. The Hall–Kier alpha value is -2.52. The summed E-state index contributed by atoms with van der Waals surface area (Å²) < 4.78 is 5.42. The molecular formula is C22H20O2S. The Bertz CT molecular complexity index is 835. The summed E-state index contributed by atoms with van der Waals surface area (Å²) in [4.78, 5) is 13.3. The van der Waals surface area contributed by atoms with Crippen LogP contribution >= 0.6 is 11.8 Å². The molecule has 0 N–H and O–H groups in total. The molecule has 0 heterocycles. The molecule has 0 fully saturated rings. The van der Waals surface area contributed by atoms with Crippen molar-refractivity contribution in [2.45, 2.75) is 24.5 Å². The molecule has 0 bridgehead atoms. The number of ether oxygens (including phenoxy) is 1. The van der Waals surface area contributed by atoms with E-state index in [1.54, 1.807) is 23.9 Å². The number of thioether (sulfide) groups is 1. The van der Waals surface area contributed by atoms with E-state index in [1.807, 2.05) is 43.3 Å². The highest BCUT2D eigenvalue weighted by Crippen LogP contribution is 2.25. The first-order valence-electron chi connectivity index (χ1n) is 8.17. The van der Waals surface area contributed by atoms with Crippen LogP contribution in [-0.4, -0.2) is 5.97 Å². The summed E-state index contributed by atoms with van der Waals surface area (Å²) in [6.07, 6.45) is 0. The minimum absolute atomic E-state index is 0.333. The molecular weight excluding hydrogens is 328 g/mol. The zero-order chi connectivity index (χ0) is 17.6. The van der Waals surface area contributed by atoms with Gasteiger partial charge >= 0.3 is 5.97 Å². The number of esters is 1. The Morgan fingerprint density at radius 3 is 1.96 bits per heavy atom. The van der Waals surface area contributed by atoms with Crippen molar-refractivity contribution in [3.05, 3.63) is 95.1 Å². The van der Waals surface area contributed by atoms with Gasteiger partial charge in [0.2, 0.25) is 0 Å². The van der Waals surface area contributed by atoms with Crippen molar-refractivity contribution in [1.82, 2.24) is 0 Å². The quantitative estimate of drug-likeness (QED) is 0.330. The van der Waals surface area contributed by atoms with Gasteiger partial charge in [-0.25, -0.2) is 4.79 Å². The van der Waals surface area contributed by atoms with Crippen LogP contribution in [0.3, 0.4) is 0 Å². The molecule has 0 atom stereocenters. The molecule has 0 saturated carbocycles. The Balaban J connectivity index is 1.57. The first kappa shape index (κ1) is 17.3. The van der Waals surface area contributed by atoms with Crippen LogP contribution in [0.25, 0.3) is 0 Å². The molecule has 3 aromatic rings. The first-order valence-corrected chi connectivity index (χ1v) is 9.16. The van der Waals surface area contributed by atoms with E-state index in [0.29, 0.717) is 11.3 Å². The fourth-order valence-electron chi connectivity index (χ4n) is 2.31. The normalized spacial score (nSPS) is 10.5. The van der Waals surface area contributed by atoms with Crippen molar-refractivity contribution in [3.8, 4) is 5.75 Å². The van der Waals surface area contributed by atoms with Gasteiger partial charge in [-0.1, -0.05) is 47.5 Å². The van der Waals surface area contributed by atoms with Crippen molar-refractivity contribution >= 4 is 17.7 Å². The Morgan fingerprint density at radius 1 is 0.800 bits per heavy atom. The number of benzene rings is 3. The Morgan fingerprint density at radius 2 is 1.36 bits per heavy atom. The number of aryl methyl sites for hydroxylation is 2. The van der Waals surface area contributed by atoms with Crippen molar-refractivity contribution in [2.75, 3.05) is 0 Å². The zero-order valence-electron chi connectivity index (χ0n) is 14.4. The fourth-order valence-corrected chi connectivity index (χ4v) is 3.16. The molecule has 0 saturated heterocycles. The van der Waals surface area contributed by atoms with Gasteiger partial charge in [-0.2, -0.15) is 0 Å². The van der Waals surface area contributed by atoms with Crippen LogP contribution in [0.5, 0.6) is 5.75 Å². The van der Waals surface area contributed by atoms with E-state index in [4.69, 9.17) is 4.74 Å². The third-order valence-electron chi connectivity index (χ3n) is 3.85. The third kappa shape index (κ3) is 4.97. The average molecular weight is 348 g/mol. The number of hydrogen-bond acceptors (Lipinski definition) is 3. The lowest BCUT2D eigenvalue weighted by atomic mass is 10.1. The number of carbonyl (C=O) groups excluding carboxylic acids is 1. The third-order valence-corrected chi connectivity index (χ3v) is 4.93. The van der Waals surface area contributed by atoms with Gasteiger partial charge in [-0.05, 0) is 55.8 Å². The highest BCUT2D eigenvalue weighted by atomic mass is 32.2. The lowest BCUT2D eigenvalue weighted by molar-refractivity contribution is 0.0734.